The summed E-state index contributed by atoms with van der Waals surface area (Å²) in [6, 6.07) is 11.2. The largest absolute Gasteiger partial charge is 0.508 e. The Morgan fingerprint density at radius 1 is 1.29 bits per heavy atom. The van der Waals surface area contributed by atoms with E-state index in [1.807, 2.05) is 0 Å². The molecule has 0 atom stereocenters. The molecule has 28 heavy (non-hydrogen) atoms. The highest BCUT2D eigenvalue weighted by Crippen LogP contribution is 2.34. The number of amides is 1. The van der Waals surface area contributed by atoms with E-state index < -0.39 is 18.5 Å². The van der Waals surface area contributed by atoms with Gasteiger partial charge < -0.3 is 19.8 Å². The summed E-state index contributed by atoms with van der Waals surface area (Å²) < 4.78 is 5.26. The number of carboxylic acids is 1. The number of benzene rings is 2. The van der Waals surface area contributed by atoms with Crippen LogP contribution in [0, 0.1) is 0 Å². The molecule has 9 heteroatoms. The Morgan fingerprint density at radius 3 is 2.68 bits per heavy atom. The van der Waals surface area contributed by atoms with Gasteiger partial charge in [-0.2, -0.15) is 4.99 Å². The van der Waals surface area contributed by atoms with Crippen molar-refractivity contribution in [3.05, 3.63) is 58.0 Å². The molecule has 1 heterocycles. The van der Waals surface area contributed by atoms with Crippen molar-refractivity contribution in [2.75, 3.05) is 18.6 Å². The first-order valence-corrected chi connectivity index (χ1v) is 9.22. The molecule has 0 fully saturated rings. The van der Waals surface area contributed by atoms with E-state index in [2.05, 4.69) is 4.99 Å². The van der Waals surface area contributed by atoms with Crippen molar-refractivity contribution in [3.8, 4) is 11.5 Å². The Kier molecular flexibility index (Phi) is 5.91. The van der Waals surface area contributed by atoms with Gasteiger partial charge in [0.05, 0.1) is 4.91 Å². The number of carbonyl (C=O) groups is 2. The molecule has 2 aromatic carbocycles. The average molecular weight is 419 g/mol. The molecule has 1 amide bonds. The van der Waals surface area contributed by atoms with E-state index in [9.17, 15) is 14.7 Å². The monoisotopic (exact) mass is 418 g/mol. The highest BCUT2D eigenvalue weighted by Gasteiger charge is 2.25. The summed E-state index contributed by atoms with van der Waals surface area (Å²) in [6.45, 7) is -0.510. The van der Waals surface area contributed by atoms with Crippen LogP contribution in [0.2, 0.25) is 5.02 Å². The number of rotatable bonds is 5. The molecule has 7 nitrogen and oxygen atoms in total. The van der Waals surface area contributed by atoms with E-state index in [-0.39, 0.29) is 5.75 Å². The van der Waals surface area contributed by atoms with Gasteiger partial charge in [-0.15, -0.1) is 0 Å². The average Bonchev–Trinajstić information content (AvgIpc) is 3.01. The molecule has 2 N–H and O–H groups in total. The molecule has 0 aromatic heterocycles. The number of phenols is 1. The second-order valence-electron chi connectivity index (χ2n) is 5.75. The molecule has 2 aromatic rings. The van der Waals surface area contributed by atoms with Gasteiger partial charge in [-0.25, -0.2) is 4.79 Å². The number of amidine groups is 1. The summed E-state index contributed by atoms with van der Waals surface area (Å²) >= 11 is 7.19. The lowest BCUT2D eigenvalue weighted by Gasteiger charge is -2.17. The molecule has 0 saturated carbocycles. The number of aliphatic carboxylic acids is 1. The third-order valence-corrected chi connectivity index (χ3v) is 5.04. The van der Waals surface area contributed by atoms with Gasteiger partial charge in [0.2, 0.25) is 0 Å². The summed E-state index contributed by atoms with van der Waals surface area (Å²) in [4.78, 5) is 29.2. The Morgan fingerprint density at radius 2 is 2.00 bits per heavy atom. The summed E-state index contributed by atoms with van der Waals surface area (Å²) in [5, 5.41) is 19.1. The van der Waals surface area contributed by atoms with E-state index in [0.29, 0.717) is 26.4 Å². The van der Waals surface area contributed by atoms with Crippen LogP contribution in [0.3, 0.4) is 0 Å². The topological polar surface area (TPSA) is 99.4 Å². The first-order valence-electron chi connectivity index (χ1n) is 8.03. The van der Waals surface area contributed by atoms with Crippen LogP contribution < -0.4 is 9.64 Å². The number of thioether (sulfide) groups is 1. The number of aliphatic imine (C=N–C) groups is 1. The molecule has 0 radical (unpaired) electrons. The fourth-order valence-electron chi connectivity index (χ4n) is 2.37. The van der Waals surface area contributed by atoms with Gasteiger partial charge in [-0.1, -0.05) is 11.6 Å². The van der Waals surface area contributed by atoms with Crippen molar-refractivity contribution in [2.45, 2.75) is 0 Å². The number of hydrogen-bond donors (Lipinski definition) is 2. The minimum atomic E-state index is -1.11. The van der Waals surface area contributed by atoms with Crippen LogP contribution in [0.25, 0.3) is 6.08 Å². The third-order valence-electron chi connectivity index (χ3n) is 3.74. The third kappa shape index (κ3) is 4.65. The fourth-order valence-corrected chi connectivity index (χ4v) is 3.44. The highest BCUT2D eigenvalue weighted by molar-refractivity contribution is 8.18. The Bertz CT molecular complexity index is 988. The van der Waals surface area contributed by atoms with Gasteiger partial charge in [0.1, 0.15) is 11.5 Å². The molecule has 1 aliphatic heterocycles. The Labute approximate surface area is 169 Å². The van der Waals surface area contributed by atoms with E-state index in [0.717, 1.165) is 5.69 Å². The molecule has 144 valence electrons. The number of carbonyl (C=O) groups excluding carboxylic acids is 1. The van der Waals surface area contributed by atoms with Crippen LogP contribution in [-0.4, -0.2) is 40.9 Å². The Balaban J connectivity index is 1.83. The lowest BCUT2D eigenvalue weighted by atomic mass is 10.2. The van der Waals surface area contributed by atoms with Crippen LogP contribution in [0.1, 0.15) is 5.56 Å². The minimum Gasteiger partial charge on any atom is -0.508 e. The van der Waals surface area contributed by atoms with Gasteiger partial charge in [-0.05, 0) is 60.3 Å². The predicted molar refractivity (Wildman–Crippen MR) is 109 cm³/mol. The van der Waals surface area contributed by atoms with Crippen molar-refractivity contribution in [1.82, 2.24) is 0 Å². The lowest BCUT2D eigenvalue weighted by Crippen LogP contribution is -2.21. The molecular weight excluding hydrogens is 404 g/mol. The second kappa shape index (κ2) is 8.37. The van der Waals surface area contributed by atoms with Gasteiger partial charge in [0.25, 0.3) is 5.91 Å². The van der Waals surface area contributed by atoms with Crippen LogP contribution in [0.4, 0.5) is 5.69 Å². The minimum absolute atomic E-state index is 0.143. The van der Waals surface area contributed by atoms with Crippen molar-refractivity contribution >= 4 is 52.2 Å². The quantitative estimate of drug-likeness (QED) is 0.715. The number of phenolic OH excluding ortho intramolecular Hbond substituents is 1. The number of aromatic hydroxyl groups is 1. The maximum absolute atomic E-state index is 12.3. The van der Waals surface area contributed by atoms with E-state index in [1.54, 1.807) is 60.5 Å². The van der Waals surface area contributed by atoms with E-state index >= 15 is 0 Å². The maximum atomic E-state index is 12.3. The van der Waals surface area contributed by atoms with Gasteiger partial charge in [0, 0.05) is 23.3 Å². The number of carboxylic acid groups (broad SMARTS) is 1. The van der Waals surface area contributed by atoms with Crippen LogP contribution >= 0.6 is 23.4 Å². The first-order chi connectivity index (χ1) is 13.3. The van der Waals surface area contributed by atoms with Crippen LogP contribution in [0.5, 0.6) is 11.5 Å². The van der Waals surface area contributed by atoms with Crippen molar-refractivity contribution < 1.29 is 24.5 Å². The molecule has 1 aliphatic rings. The van der Waals surface area contributed by atoms with Gasteiger partial charge in [0.15, 0.2) is 11.8 Å². The molecule has 0 saturated heterocycles. The summed E-state index contributed by atoms with van der Waals surface area (Å²) in [5.41, 5.74) is 1.24. The highest BCUT2D eigenvalue weighted by atomic mass is 35.5. The molecule has 0 bridgehead atoms. The number of halogens is 1. The molecule has 0 spiro atoms. The maximum Gasteiger partial charge on any atom is 0.341 e. The van der Waals surface area contributed by atoms with Crippen LogP contribution in [0.15, 0.2) is 52.4 Å². The SMILES string of the molecule is CN(C1=NC(=O)C(=Cc2cc(Cl)ccc2OCC(=O)O)S1)c1ccc(O)cc1. The number of hydrogen-bond acceptors (Lipinski definition) is 6. The van der Waals surface area contributed by atoms with Crippen molar-refractivity contribution in [2.24, 2.45) is 4.99 Å². The zero-order chi connectivity index (χ0) is 20.3. The predicted octanol–water partition coefficient (Wildman–Crippen LogP) is 3.62. The standard InChI is InChI=1S/C19H15ClN2O5S/c1-22(13-3-5-14(23)6-4-13)19-21-18(26)16(28-19)9-11-8-12(20)2-7-15(11)27-10-17(24)25/h2-9,23H,10H2,1H3,(H,24,25). The molecule has 3 rings (SSSR count). The fraction of sp³-hybridized carbons (Fsp3) is 0.105. The Hall–Kier alpha value is -2.97. The van der Waals surface area contributed by atoms with Gasteiger partial charge in [-0.3, -0.25) is 4.79 Å². The molecule has 0 aliphatic carbocycles. The summed E-state index contributed by atoms with van der Waals surface area (Å²) in [7, 11) is 1.76. The zero-order valence-electron chi connectivity index (χ0n) is 14.6. The summed E-state index contributed by atoms with van der Waals surface area (Å²) in [5.74, 6) is -1.09. The van der Waals surface area contributed by atoms with Crippen LogP contribution in [-0.2, 0) is 9.59 Å². The summed E-state index contributed by atoms with van der Waals surface area (Å²) in [6.07, 6.45) is 1.57. The second-order valence-corrected chi connectivity index (χ2v) is 7.20. The molecule has 0 unspecified atom stereocenters. The number of anilines is 1. The number of ether oxygens (including phenoxy) is 1. The zero-order valence-corrected chi connectivity index (χ0v) is 16.2. The van der Waals surface area contributed by atoms with E-state index in [1.165, 1.54) is 11.8 Å². The first kappa shape index (κ1) is 19.8. The lowest BCUT2D eigenvalue weighted by molar-refractivity contribution is -0.139. The van der Waals surface area contributed by atoms with Gasteiger partial charge >= 0.3 is 5.97 Å². The van der Waals surface area contributed by atoms with E-state index in [4.69, 9.17) is 21.4 Å². The normalized spacial score (nSPS) is 14.9. The smallest absolute Gasteiger partial charge is 0.341 e. The van der Waals surface area contributed by atoms with Crippen molar-refractivity contribution in [1.29, 1.82) is 0 Å². The van der Waals surface area contributed by atoms with Crippen molar-refractivity contribution in [3.63, 3.8) is 0 Å². The molecular formula is C19H15ClN2O5S. The number of nitrogens with zero attached hydrogens (tertiary/aromatic N) is 2.